The summed E-state index contributed by atoms with van der Waals surface area (Å²) in [5, 5.41) is 15.4. The Hall–Kier alpha value is -4.24. The molecule has 200 valence electrons. The molecule has 1 fully saturated rings. The summed E-state index contributed by atoms with van der Waals surface area (Å²) < 4.78 is 10.4. The molecule has 2 aliphatic heterocycles. The van der Waals surface area contributed by atoms with Crippen molar-refractivity contribution in [1.29, 1.82) is 5.26 Å². The van der Waals surface area contributed by atoms with Crippen LogP contribution in [0.15, 0.2) is 18.3 Å². The molecule has 0 aliphatic carbocycles. The minimum atomic E-state index is -0.452. The van der Waals surface area contributed by atoms with Gasteiger partial charge in [0.2, 0.25) is 0 Å². The van der Waals surface area contributed by atoms with Gasteiger partial charge in [0.15, 0.2) is 6.29 Å². The first-order valence-electron chi connectivity index (χ1n) is 12.6. The van der Waals surface area contributed by atoms with Gasteiger partial charge in [-0.3, -0.25) is 15.0 Å². The lowest BCUT2D eigenvalue weighted by molar-refractivity contribution is 0.109. The average Bonchev–Trinajstić information content (AvgIpc) is 3.11. The number of amides is 3. The number of anilines is 3. The number of pyridine rings is 2. The molecule has 1 saturated heterocycles. The number of aryl methyl sites for hydroxylation is 1. The Morgan fingerprint density at radius 1 is 1.32 bits per heavy atom. The summed E-state index contributed by atoms with van der Waals surface area (Å²) in [7, 11) is 1.59. The van der Waals surface area contributed by atoms with Crippen molar-refractivity contribution in [3.8, 4) is 6.07 Å². The average molecular weight is 522 g/mol. The van der Waals surface area contributed by atoms with E-state index in [0.717, 1.165) is 18.4 Å². The zero-order valence-electron chi connectivity index (χ0n) is 21.5. The van der Waals surface area contributed by atoms with Crippen molar-refractivity contribution in [3.63, 3.8) is 0 Å². The summed E-state index contributed by atoms with van der Waals surface area (Å²) >= 11 is 0. The van der Waals surface area contributed by atoms with Crippen LogP contribution in [0.5, 0.6) is 0 Å². The molecule has 2 aromatic heterocycles. The molecule has 0 saturated carbocycles. The predicted molar refractivity (Wildman–Crippen MR) is 139 cm³/mol. The van der Waals surface area contributed by atoms with E-state index in [9.17, 15) is 19.6 Å². The molecule has 12 heteroatoms. The van der Waals surface area contributed by atoms with E-state index in [1.807, 2.05) is 13.0 Å². The molecule has 38 heavy (non-hydrogen) atoms. The molecule has 3 amide bonds. The predicted octanol–water partition coefficient (Wildman–Crippen LogP) is 3.32. The van der Waals surface area contributed by atoms with Gasteiger partial charge >= 0.3 is 12.1 Å². The summed E-state index contributed by atoms with van der Waals surface area (Å²) in [5.74, 6) is 0.666. The number of carbonyl (C=O) groups excluding carboxylic acids is 3. The summed E-state index contributed by atoms with van der Waals surface area (Å²) in [6.45, 7) is 3.90. The number of methoxy groups -OCH3 is 1. The molecule has 1 atom stereocenters. The highest BCUT2D eigenvalue weighted by Crippen LogP contribution is 2.29. The second kappa shape index (κ2) is 12.3. The molecule has 4 rings (SSSR count). The molecule has 12 nitrogen and oxygen atoms in total. The number of nitriles is 1. The SMILES string of the molecule is COCC(C)Nc1cc(NC(=O)N2CCCc3cc(CN4CCCCOC4=O)c(C=O)nc32)ncc1C#N. The van der Waals surface area contributed by atoms with Gasteiger partial charge in [0, 0.05) is 44.1 Å². The molecule has 0 bridgehead atoms. The second-order valence-corrected chi connectivity index (χ2v) is 9.29. The van der Waals surface area contributed by atoms with Crippen LogP contribution >= 0.6 is 0 Å². The van der Waals surface area contributed by atoms with Crippen LogP contribution in [0.3, 0.4) is 0 Å². The fourth-order valence-corrected chi connectivity index (χ4v) is 4.55. The fraction of sp³-hybridized carbons (Fsp3) is 0.462. The van der Waals surface area contributed by atoms with E-state index >= 15 is 0 Å². The topological polar surface area (TPSA) is 150 Å². The molecular weight excluding hydrogens is 490 g/mol. The highest BCUT2D eigenvalue weighted by molar-refractivity contribution is 6.01. The van der Waals surface area contributed by atoms with E-state index in [4.69, 9.17) is 9.47 Å². The van der Waals surface area contributed by atoms with Crippen LogP contribution in [0.2, 0.25) is 0 Å². The van der Waals surface area contributed by atoms with Crippen molar-refractivity contribution in [2.24, 2.45) is 0 Å². The first kappa shape index (κ1) is 26.8. The van der Waals surface area contributed by atoms with Gasteiger partial charge in [-0.25, -0.2) is 19.6 Å². The minimum Gasteiger partial charge on any atom is -0.449 e. The Labute approximate surface area is 220 Å². The number of hydrogen-bond donors (Lipinski definition) is 2. The minimum absolute atomic E-state index is 0.0663. The van der Waals surface area contributed by atoms with E-state index in [1.165, 1.54) is 11.1 Å². The summed E-state index contributed by atoms with van der Waals surface area (Å²) in [6, 6.07) is 5.02. The molecule has 2 aromatic rings. The Balaban J connectivity index is 1.55. The van der Waals surface area contributed by atoms with Crippen LogP contribution in [0, 0.1) is 11.3 Å². The van der Waals surface area contributed by atoms with Crippen molar-refractivity contribution in [2.45, 2.75) is 45.2 Å². The number of carbonyl (C=O) groups is 3. The van der Waals surface area contributed by atoms with Crippen LogP contribution < -0.4 is 15.5 Å². The number of ether oxygens (including phenoxy) is 2. The number of rotatable bonds is 8. The standard InChI is InChI=1S/C26H31N7O5/c1-17(16-37-2)29-21-11-23(28-13-20(21)12-27)31-25(35)33-8-5-6-18-10-19(22(15-34)30-24(18)33)14-32-7-3-4-9-38-26(32)36/h10-11,13,15,17H,3-9,14,16H2,1-2H3,(H2,28,29,31,35). The number of urea groups is 1. The summed E-state index contributed by atoms with van der Waals surface area (Å²) in [6.07, 6.45) is 4.64. The quantitative estimate of drug-likeness (QED) is 0.499. The molecule has 0 aromatic carbocycles. The number of aromatic nitrogens is 2. The maximum Gasteiger partial charge on any atom is 0.410 e. The Kier molecular flexibility index (Phi) is 8.70. The lowest BCUT2D eigenvalue weighted by Gasteiger charge is -2.29. The third-order valence-corrected chi connectivity index (χ3v) is 6.38. The van der Waals surface area contributed by atoms with Gasteiger partial charge in [-0.1, -0.05) is 0 Å². The van der Waals surface area contributed by atoms with Gasteiger partial charge in [-0.2, -0.15) is 5.26 Å². The van der Waals surface area contributed by atoms with Gasteiger partial charge in [0.1, 0.15) is 23.4 Å². The molecule has 4 heterocycles. The summed E-state index contributed by atoms with van der Waals surface area (Å²) in [5.41, 5.74) is 2.48. The normalized spacial score (nSPS) is 16.0. The van der Waals surface area contributed by atoms with Gasteiger partial charge in [0.05, 0.1) is 31.0 Å². The van der Waals surface area contributed by atoms with Crippen LogP contribution in [0.1, 0.15) is 53.4 Å². The number of hydrogen-bond acceptors (Lipinski definition) is 9. The molecule has 1 unspecified atom stereocenters. The Morgan fingerprint density at radius 3 is 2.92 bits per heavy atom. The number of nitrogens with zero attached hydrogens (tertiary/aromatic N) is 5. The van der Waals surface area contributed by atoms with E-state index in [1.54, 1.807) is 18.1 Å². The molecular formula is C26H31N7O5. The van der Waals surface area contributed by atoms with Gasteiger partial charge in [0.25, 0.3) is 0 Å². The number of aldehydes is 1. The number of nitrogens with one attached hydrogen (secondary N) is 2. The van der Waals surface area contributed by atoms with Crippen molar-refractivity contribution in [1.82, 2.24) is 14.9 Å². The van der Waals surface area contributed by atoms with E-state index in [0.29, 0.717) is 68.1 Å². The highest BCUT2D eigenvalue weighted by Gasteiger charge is 2.28. The second-order valence-electron chi connectivity index (χ2n) is 9.29. The first-order valence-corrected chi connectivity index (χ1v) is 12.6. The number of fused-ring (bicyclic) bond motifs is 1. The monoisotopic (exact) mass is 521 g/mol. The van der Waals surface area contributed by atoms with Gasteiger partial charge in [-0.15, -0.1) is 0 Å². The maximum atomic E-state index is 13.3. The van der Waals surface area contributed by atoms with E-state index in [-0.39, 0.29) is 24.1 Å². The van der Waals surface area contributed by atoms with Gasteiger partial charge in [-0.05, 0) is 44.2 Å². The highest BCUT2D eigenvalue weighted by atomic mass is 16.6. The van der Waals surface area contributed by atoms with Crippen molar-refractivity contribution < 1.29 is 23.9 Å². The first-order chi connectivity index (χ1) is 18.4. The lowest BCUT2D eigenvalue weighted by atomic mass is 10.0. The Bertz CT molecular complexity index is 1250. The van der Waals surface area contributed by atoms with Crippen LogP contribution in [-0.2, 0) is 22.4 Å². The molecule has 2 aliphatic rings. The van der Waals surface area contributed by atoms with Crippen molar-refractivity contribution >= 4 is 35.7 Å². The zero-order chi connectivity index (χ0) is 27.1. The number of cyclic esters (lactones) is 1. The van der Waals surface area contributed by atoms with Crippen molar-refractivity contribution in [2.75, 3.05) is 48.9 Å². The zero-order valence-corrected chi connectivity index (χ0v) is 21.5. The molecule has 0 radical (unpaired) electrons. The largest absolute Gasteiger partial charge is 0.449 e. The third-order valence-electron chi connectivity index (χ3n) is 6.38. The third kappa shape index (κ3) is 6.18. The smallest absolute Gasteiger partial charge is 0.410 e. The van der Waals surface area contributed by atoms with E-state index in [2.05, 4.69) is 26.7 Å². The fourth-order valence-electron chi connectivity index (χ4n) is 4.55. The maximum absolute atomic E-state index is 13.3. The van der Waals surface area contributed by atoms with Crippen LogP contribution in [-0.4, -0.2) is 72.7 Å². The van der Waals surface area contributed by atoms with Crippen LogP contribution in [0.25, 0.3) is 0 Å². The molecule has 0 spiro atoms. The van der Waals surface area contributed by atoms with Crippen LogP contribution in [0.4, 0.5) is 26.9 Å². The Morgan fingerprint density at radius 2 is 2.16 bits per heavy atom. The summed E-state index contributed by atoms with van der Waals surface area (Å²) in [4.78, 5) is 49.3. The van der Waals surface area contributed by atoms with E-state index < -0.39 is 12.1 Å². The molecule has 2 N–H and O–H groups in total. The van der Waals surface area contributed by atoms with Crippen molar-refractivity contribution in [3.05, 3.63) is 40.7 Å². The lowest BCUT2D eigenvalue weighted by Crippen LogP contribution is -2.40. The van der Waals surface area contributed by atoms with Gasteiger partial charge < -0.3 is 19.7 Å².